The van der Waals surface area contributed by atoms with Gasteiger partial charge in [-0.2, -0.15) is 0 Å². The number of rotatable bonds is 26. The van der Waals surface area contributed by atoms with Gasteiger partial charge in [0.1, 0.15) is 18.3 Å². The summed E-state index contributed by atoms with van der Waals surface area (Å²) in [6, 6.07) is 2.70. The number of hydrogen-bond acceptors (Lipinski definition) is 18. The van der Waals surface area contributed by atoms with Crippen LogP contribution in [-0.2, 0) is 51.9 Å². The van der Waals surface area contributed by atoms with Gasteiger partial charge in [0.15, 0.2) is 6.23 Å². The van der Waals surface area contributed by atoms with Crippen LogP contribution in [0.5, 0.6) is 0 Å². The van der Waals surface area contributed by atoms with Gasteiger partial charge in [0.2, 0.25) is 41.4 Å². The number of fused-ring (bicyclic) bond motifs is 7. The molecule has 2 saturated heterocycles. The van der Waals surface area contributed by atoms with Crippen LogP contribution in [-0.4, -0.2) is 132 Å². The summed E-state index contributed by atoms with van der Waals surface area (Å²) in [5, 5.41) is 28.2. The molecule has 0 aliphatic carbocycles. The minimum atomic E-state index is -5.07. The summed E-state index contributed by atoms with van der Waals surface area (Å²) < 4.78 is 32.3. The van der Waals surface area contributed by atoms with Gasteiger partial charge >= 0.3 is 7.82 Å². The molecule has 15 atom stereocenters. The van der Waals surface area contributed by atoms with E-state index in [-0.39, 0.29) is 77.2 Å². The lowest BCUT2D eigenvalue weighted by Crippen LogP contribution is -2.56. The molecular formula is C62H90N13O14P. The average molecular weight is 1270 g/mol. The number of nitrogens with two attached hydrogens (primary N) is 6. The van der Waals surface area contributed by atoms with E-state index < -0.39 is 143 Å². The van der Waals surface area contributed by atoms with E-state index in [9.17, 15) is 53.2 Å². The Morgan fingerprint density at radius 3 is 1.99 bits per heavy atom. The van der Waals surface area contributed by atoms with Gasteiger partial charge in [-0.3, -0.25) is 57.6 Å². The van der Waals surface area contributed by atoms with Crippen LogP contribution in [0.3, 0.4) is 0 Å². The first kappa shape index (κ1) is 68.9. The highest BCUT2D eigenvalue weighted by molar-refractivity contribution is 7.47. The van der Waals surface area contributed by atoms with Gasteiger partial charge in [-0.1, -0.05) is 34.6 Å². The monoisotopic (exact) mass is 1270 g/mol. The van der Waals surface area contributed by atoms with E-state index in [0.717, 1.165) is 11.1 Å². The number of allylic oxidation sites excluding steroid dienone is 6. The number of phosphoric acid groups is 1. The Balaban J connectivity index is 1.19. The zero-order valence-corrected chi connectivity index (χ0v) is 54.1. The number of aliphatic hydroxyl groups is 2. The maximum atomic E-state index is 14.4. The molecule has 0 spiro atoms. The van der Waals surface area contributed by atoms with Gasteiger partial charge in [-0.25, -0.2) is 9.55 Å². The van der Waals surface area contributed by atoms with Gasteiger partial charge in [0.05, 0.1) is 41.7 Å². The first-order chi connectivity index (χ1) is 41.8. The van der Waals surface area contributed by atoms with E-state index in [4.69, 9.17) is 63.2 Å². The Bertz CT molecular complexity index is 3540. The zero-order chi connectivity index (χ0) is 66.7. The molecule has 8 rings (SSSR count). The summed E-state index contributed by atoms with van der Waals surface area (Å²) in [6.07, 6.45) is -4.26. The number of imidazole rings is 1. The van der Waals surface area contributed by atoms with Crippen LogP contribution in [0, 0.1) is 59.2 Å². The number of hydrogen-bond donors (Lipinski definition) is 11. The fourth-order valence-corrected chi connectivity index (χ4v) is 16.6. The van der Waals surface area contributed by atoms with Crippen LogP contribution in [0.25, 0.3) is 11.0 Å². The molecule has 1 aromatic heterocycles. The number of nitrogens with zero attached hydrogens (tertiary/aromatic N) is 5. The highest BCUT2D eigenvalue weighted by atomic mass is 31.2. The lowest BCUT2D eigenvalue weighted by molar-refractivity contribution is -0.124. The minimum Gasteiger partial charge on any atom is -0.394 e. The lowest BCUT2D eigenvalue weighted by Gasteiger charge is -2.48. The second-order valence-corrected chi connectivity index (χ2v) is 28.4. The predicted octanol–water partition coefficient (Wildman–Crippen LogP) is 3.16. The fourth-order valence-electron chi connectivity index (χ4n) is 15.4. The third-order valence-corrected chi connectivity index (χ3v) is 21.7. The number of aliphatic imine (C=N–C) groups is 3. The van der Waals surface area contributed by atoms with Gasteiger partial charge in [0.25, 0.3) is 0 Å². The van der Waals surface area contributed by atoms with Crippen molar-refractivity contribution in [3.05, 3.63) is 63.9 Å². The fraction of sp³-hybridized carbons (Fsp3) is 0.629. The number of aliphatic hydroxyl groups excluding tert-OH is 2. The van der Waals surface area contributed by atoms with E-state index in [1.165, 1.54) is 13.3 Å². The van der Waals surface area contributed by atoms with Crippen molar-refractivity contribution < 1.29 is 67.0 Å². The topological polar surface area (TPSA) is 460 Å². The Morgan fingerprint density at radius 2 is 1.40 bits per heavy atom. The van der Waals surface area contributed by atoms with Crippen molar-refractivity contribution in [2.24, 2.45) is 94.7 Å². The number of carbonyl (C=O) groups is 7. The molecule has 17 N–H and O–H groups in total. The van der Waals surface area contributed by atoms with Crippen molar-refractivity contribution in [3.63, 3.8) is 0 Å². The molecule has 2 fully saturated rings. The Labute approximate surface area is 523 Å². The Morgan fingerprint density at radius 1 is 0.800 bits per heavy atom. The van der Waals surface area contributed by atoms with Crippen LogP contribution in [0.1, 0.15) is 150 Å². The number of ether oxygens (including phenoxy) is 1. The van der Waals surface area contributed by atoms with Gasteiger partial charge in [-0.05, 0) is 108 Å². The molecular weight excluding hydrogens is 1180 g/mol. The van der Waals surface area contributed by atoms with E-state index in [0.29, 0.717) is 56.4 Å². The molecule has 7 heterocycles. The molecule has 6 aliphatic heterocycles. The second kappa shape index (κ2) is 25.6. The number of amides is 7. The van der Waals surface area contributed by atoms with Crippen molar-refractivity contribution in [2.75, 3.05) is 13.2 Å². The standard InChI is InChI=1S/C62H90N13O14P/c1-29-20-39-40(21-30(29)2)75(28-70-39)57-52(84)53(41(27-76)87-57)89-90(85,86)88-31(3)26-69-49(83)18-19-59(8)37(22-46(66)80)56-62(11)61(10,25-48(68)82)36(14-17-45(65)79)51(74-62)33(5)55-60(9,24-47(67)81)34(12-15-43(63)77)38(71-55)23-42-58(6,7)35(13-16-44(64)78)50(72-42)32(4)54(59)73-56/h20-21,23,28,31,34-37,41,52-53,56-57,71,76,84H,12-19,22,24-27H2,1-11H3,(H2,63,77)(H2,64,78)(H2,65,79)(H2,66,80)(H2,67,81)(H2,68,82)(H,69,83)(H,85,86)/t31-,34+,35+,36+,37-,41+,52?,53?,56+,57-,59+,60-,61-,62-/m0/s1. The lowest BCUT2D eigenvalue weighted by atomic mass is 9.55. The molecule has 27 nitrogen and oxygen atoms in total. The van der Waals surface area contributed by atoms with Crippen LogP contribution in [0.4, 0.5) is 0 Å². The first-order valence-corrected chi connectivity index (χ1v) is 32.1. The van der Waals surface area contributed by atoms with Crippen molar-refractivity contribution in [3.8, 4) is 0 Å². The number of phosphoric ester groups is 1. The molecule has 7 amide bonds. The van der Waals surface area contributed by atoms with Crippen molar-refractivity contribution in [1.29, 1.82) is 0 Å². The smallest absolute Gasteiger partial charge is 0.394 e. The number of aromatic nitrogens is 2. The zero-order valence-electron chi connectivity index (χ0n) is 53.3. The van der Waals surface area contributed by atoms with Crippen LogP contribution in [0.2, 0.25) is 0 Å². The second-order valence-electron chi connectivity index (χ2n) is 27.1. The molecule has 6 aliphatic rings. The summed E-state index contributed by atoms with van der Waals surface area (Å²) >= 11 is 0. The predicted molar refractivity (Wildman–Crippen MR) is 334 cm³/mol. The third kappa shape index (κ3) is 13.0. The largest absolute Gasteiger partial charge is 0.472 e. The van der Waals surface area contributed by atoms with E-state index in [1.54, 1.807) is 4.57 Å². The van der Waals surface area contributed by atoms with E-state index in [1.807, 2.05) is 87.4 Å². The van der Waals surface area contributed by atoms with Gasteiger partial charge < -0.3 is 69.4 Å². The highest BCUT2D eigenvalue weighted by Crippen LogP contribution is 2.63. The normalized spacial score (nSPS) is 32.0. The van der Waals surface area contributed by atoms with E-state index >= 15 is 0 Å². The molecule has 3 unspecified atom stereocenters. The van der Waals surface area contributed by atoms with Crippen LogP contribution in [0.15, 0.2) is 67.8 Å². The molecule has 28 heteroatoms. The quantitative estimate of drug-likeness (QED) is 0.0603. The SMILES string of the molecule is CC1=C2N=C(C=C3NC(=C(C)C4=N[C@@](C)([C@@H]5N=C1[C@](C)(CCC(=O)NC[C@H](C)OP(=O)(O)OC1C(O)[C@@H](n6cnc7cc(C)c(C)cc76)O[C@@H]1CO)[C@H]5CC(N)=O)[C@@](C)(CC(N)=O)[C@@H]4CCC(N)=O)[C@@](C)(CC(N)=O)[C@@H]3CCC(N)=O)C(C)(C)[C@@H]2CCC(N)=O. The maximum Gasteiger partial charge on any atom is 0.472 e. The van der Waals surface area contributed by atoms with Crippen LogP contribution >= 0.6 is 7.82 Å². The van der Waals surface area contributed by atoms with Gasteiger partial charge in [-0.15, -0.1) is 0 Å². The summed E-state index contributed by atoms with van der Waals surface area (Å²) in [5.41, 5.74) is 37.4. The average Bonchev–Trinajstić information content (AvgIpc) is 1.53. The highest BCUT2D eigenvalue weighted by Gasteiger charge is 2.66. The summed E-state index contributed by atoms with van der Waals surface area (Å²) in [7, 11) is -5.07. The molecule has 2 aromatic rings. The number of nitrogens with one attached hydrogen (secondary N) is 2. The minimum absolute atomic E-state index is 0.0114. The van der Waals surface area contributed by atoms with E-state index in [2.05, 4.69) is 15.6 Å². The summed E-state index contributed by atoms with van der Waals surface area (Å²) in [4.78, 5) is 126. The maximum absolute atomic E-state index is 14.4. The first-order valence-electron chi connectivity index (χ1n) is 30.6. The number of primary amides is 6. The molecule has 492 valence electrons. The van der Waals surface area contributed by atoms with Crippen molar-refractivity contribution in [1.82, 2.24) is 20.2 Å². The molecule has 8 bridgehead atoms. The molecule has 0 saturated carbocycles. The molecule has 1 aromatic carbocycles. The summed E-state index contributed by atoms with van der Waals surface area (Å²) in [5.74, 6) is -7.18. The molecule has 0 radical (unpaired) electrons. The number of benzene rings is 1. The third-order valence-electron chi connectivity index (χ3n) is 20.6. The van der Waals surface area contributed by atoms with Crippen molar-refractivity contribution in [2.45, 2.75) is 189 Å². The summed E-state index contributed by atoms with van der Waals surface area (Å²) in [6.45, 7) is 19.3. The van der Waals surface area contributed by atoms with Crippen molar-refractivity contribution >= 4 is 77.3 Å². The number of aryl methyl sites for hydroxylation is 2. The van der Waals surface area contributed by atoms with Crippen LogP contribution < -0.4 is 45.0 Å². The molecule has 90 heavy (non-hydrogen) atoms. The number of carbonyl (C=O) groups excluding carboxylic acids is 7. The Hall–Kier alpha value is -7.00. The Kier molecular flexibility index (Phi) is 19.6. The van der Waals surface area contributed by atoms with Gasteiger partial charge in [0, 0.05) is 131 Å².